The summed E-state index contributed by atoms with van der Waals surface area (Å²) in [6.07, 6.45) is -5.92. The van der Waals surface area contributed by atoms with Crippen molar-refractivity contribution in [2.24, 2.45) is 0 Å². The summed E-state index contributed by atoms with van der Waals surface area (Å²) in [5, 5.41) is 17.0. The van der Waals surface area contributed by atoms with E-state index in [2.05, 4.69) is 10.6 Å². The van der Waals surface area contributed by atoms with Crippen molar-refractivity contribution < 1.29 is 36.6 Å². The summed E-state index contributed by atoms with van der Waals surface area (Å²) < 4.78 is 66.6. The number of piperidine rings is 1. The van der Waals surface area contributed by atoms with Gasteiger partial charge in [0.25, 0.3) is 0 Å². The number of hydrogen-bond donors (Lipinski definition) is 3. The lowest BCUT2D eigenvalue weighted by Crippen LogP contribution is -2.57. The average Bonchev–Trinajstić information content (AvgIpc) is 2.85. The quantitative estimate of drug-likeness (QED) is 0.406. The molecule has 1 heterocycles. The molecule has 2 unspecified atom stereocenters. The zero-order chi connectivity index (χ0) is 29.0. The predicted molar refractivity (Wildman–Crippen MR) is 136 cm³/mol. The highest BCUT2D eigenvalue weighted by Gasteiger charge is 2.46. The number of nitrogens with one attached hydrogen (secondary N) is 2. The highest BCUT2D eigenvalue weighted by Crippen LogP contribution is 2.36. The molecule has 1 aliphatic rings. The largest absolute Gasteiger partial charge is 0.471 e. The van der Waals surface area contributed by atoms with Crippen LogP contribution < -0.4 is 10.6 Å². The van der Waals surface area contributed by atoms with Crippen LogP contribution in [0.15, 0.2) is 42.5 Å². The lowest BCUT2D eigenvalue weighted by atomic mass is 9.79. The summed E-state index contributed by atoms with van der Waals surface area (Å²) in [5.41, 5.74) is 1.21. The van der Waals surface area contributed by atoms with Gasteiger partial charge in [-0.1, -0.05) is 38.1 Å². The number of amides is 2. The molecule has 39 heavy (non-hydrogen) atoms. The lowest BCUT2D eigenvalue weighted by molar-refractivity contribution is -0.187. The molecule has 214 valence electrons. The Morgan fingerprint density at radius 3 is 2.21 bits per heavy atom. The smallest absolute Gasteiger partial charge is 0.390 e. The molecule has 1 fully saturated rings. The van der Waals surface area contributed by atoms with Crippen LogP contribution in [0.3, 0.4) is 0 Å². The van der Waals surface area contributed by atoms with Gasteiger partial charge in [0.1, 0.15) is 11.6 Å². The summed E-state index contributed by atoms with van der Waals surface area (Å²) in [6.45, 7) is 4.91. The van der Waals surface area contributed by atoms with Crippen LogP contribution in [-0.4, -0.2) is 59.8 Å². The molecule has 0 saturated carbocycles. The summed E-state index contributed by atoms with van der Waals surface area (Å²) >= 11 is 0. The van der Waals surface area contributed by atoms with Crippen molar-refractivity contribution in [3.8, 4) is 0 Å². The first-order valence-electron chi connectivity index (χ1n) is 12.8. The molecule has 0 aliphatic carbocycles. The maximum atomic E-state index is 13.7. The van der Waals surface area contributed by atoms with Gasteiger partial charge in [-0.15, -0.1) is 0 Å². The molecule has 2 amide bonds. The molecule has 0 spiro atoms. The number of likely N-dealkylation sites (tertiary alicyclic amines) is 1. The molecule has 6 nitrogen and oxygen atoms in total. The summed E-state index contributed by atoms with van der Waals surface area (Å²) in [4.78, 5) is 24.5. The Morgan fingerprint density at radius 1 is 1.05 bits per heavy atom. The molecular formula is C28H34F5N3O3. The van der Waals surface area contributed by atoms with Crippen LogP contribution in [0.1, 0.15) is 56.2 Å². The second-order valence-electron chi connectivity index (χ2n) is 10.4. The number of halogens is 5. The zero-order valence-electron chi connectivity index (χ0n) is 22.1. The summed E-state index contributed by atoms with van der Waals surface area (Å²) in [5.74, 6) is -3.73. The second-order valence-corrected chi connectivity index (χ2v) is 10.4. The summed E-state index contributed by atoms with van der Waals surface area (Å²) in [7, 11) is 0. The normalized spacial score (nSPS) is 17.1. The van der Waals surface area contributed by atoms with Gasteiger partial charge in [0.2, 0.25) is 5.91 Å². The van der Waals surface area contributed by atoms with Gasteiger partial charge in [-0.25, -0.2) is 8.78 Å². The molecule has 3 rings (SSSR count). The van der Waals surface area contributed by atoms with E-state index in [4.69, 9.17) is 0 Å². The third kappa shape index (κ3) is 7.98. The van der Waals surface area contributed by atoms with Crippen LogP contribution in [0.5, 0.6) is 0 Å². The maximum Gasteiger partial charge on any atom is 0.471 e. The van der Waals surface area contributed by atoms with Gasteiger partial charge < -0.3 is 20.6 Å². The Bertz CT molecular complexity index is 1140. The van der Waals surface area contributed by atoms with E-state index in [0.29, 0.717) is 0 Å². The van der Waals surface area contributed by atoms with Gasteiger partial charge in [-0.05, 0) is 54.0 Å². The molecule has 0 bridgehead atoms. The van der Waals surface area contributed by atoms with Gasteiger partial charge in [-0.3, -0.25) is 9.59 Å². The van der Waals surface area contributed by atoms with E-state index in [0.717, 1.165) is 34.2 Å². The van der Waals surface area contributed by atoms with E-state index in [9.17, 15) is 36.6 Å². The van der Waals surface area contributed by atoms with Crippen molar-refractivity contribution in [3.63, 3.8) is 0 Å². The third-order valence-electron chi connectivity index (χ3n) is 7.13. The highest BCUT2D eigenvalue weighted by atomic mass is 19.4. The number of carbonyl (C=O) groups is 2. The number of carbonyl (C=O) groups excluding carboxylic acids is 2. The van der Waals surface area contributed by atoms with Crippen molar-refractivity contribution in [2.75, 3.05) is 19.6 Å². The molecule has 1 aliphatic heterocycles. The molecule has 1 saturated heterocycles. The fourth-order valence-electron chi connectivity index (χ4n) is 5.00. The highest BCUT2D eigenvalue weighted by molar-refractivity contribution is 5.82. The minimum absolute atomic E-state index is 0.0548. The van der Waals surface area contributed by atoms with Crippen LogP contribution in [0.2, 0.25) is 0 Å². The molecular weight excluding hydrogens is 521 g/mol. The summed E-state index contributed by atoms with van der Waals surface area (Å²) in [6, 6.07) is 9.68. The number of rotatable bonds is 9. The first-order valence-corrected chi connectivity index (χ1v) is 12.8. The van der Waals surface area contributed by atoms with Crippen LogP contribution >= 0.6 is 0 Å². The Labute approximate surface area is 224 Å². The van der Waals surface area contributed by atoms with Crippen LogP contribution in [0.25, 0.3) is 0 Å². The third-order valence-corrected chi connectivity index (χ3v) is 7.13. The lowest BCUT2D eigenvalue weighted by Gasteiger charge is -2.44. The molecule has 0 radical (unpaired) electrons. The van der Waals surface area contributed by atoms with E-state index < -0.39 is 47.3 Å². The number of aliphatic hydroxyl groups excluding tert-OH is 1. The molecule has 0 aromatic heterocycles. The van der Waals surface area contributed by atoms with Gasteiger partial charge in [0, 0.05) is 38.2 Å². The number of alkyl halides is 3. The minimum Gasteiger partial charge on any atom is -0.390 e. The van der Waals surface area contributed by atoms with Gasteiger partial charge in [0.05, 0.1) is 12.1 Å². The van der Waals surface area contributed by atoms with Crippen molar-refractivity contribution >= 4 is 11.8 Å². The van der Waals surface area contributed by atoms with E-state index in [1.807, 2.05) is 38.1 Å². The average molecular weight is 556 g/mol. The van der Waals surface area contributed by atoms with Crippen LogP contribution in [0.4, 0.5) is 22.0 Å². The number of benzene rings is 2. The van der Waals surface area contributed by atoms with Crippen molar-refractivity contribution in [1.82, 2.24) is 15.5 Å². The van der Waals surface area contributed by atoms with Crippen molar-refractivity contribution in [1.29, 1.82) is 0 Å². The number of nitrogens with zero attached hydrogens (tertiary/aromatic N) is 1. The van der Waals surface area contributed by atoms with Crippen LogP contribution in [0, 0.1) is 11.6 Å². The first kappa shape index (κ1) is 30.5. The van der Waals surface area contributed by atoms with Gasteiger partial charge in [0.15, 0.2) is 0 Å². The molecule has 11 heteroatoms. The Balaban J connectivity index is 1.84. The minimum atomic E-state index is -4.97. The Hall–Kier alpha value is -3.05. The van der Waals surface area contributed by atoms with E-state index in [-0.39, 0.29) is 50.4 Å². The first-order chi connectivity index (χ1) is 18.2. The van der Waals surface area contributed by atoms with E-state index in [1.54, 1.807) is 0 Å². The van der Waals surface area contributed by atoms with Gasteiger partial charge in [-0.2, -0.15) is 13.2 Å². The monoisotopic (exact) mass is 555 g/mol. The van der Waals surface area contributed by atoms with Crippen LogP contribution in [-0.2, 0) is 21.5 Å². The second kappa shape index (κ2) is 12.4. The standard InChI is InChI=1S/C28H34F5N3O3/c1-17(2)20-5-4-6-21(14-20)27(7-9-36(10-8-27)26(39)28(31,32)33)34-16-25(38)24(35-18(3)37)13-19-11-22(29)15-23(30)12-19/h4-6,11-12,14-15,17,24-25,34,38H,7-10,13,16H2,1-3H3,(H,35,37). The SMILES string of the molecule is CC(=O)NC(Cc1cc(F)cc(F)c1)C(O)CNC1(c2cccc(C(C)C)c2)CCN(C(=O)C(F)(F)F)CC1. The van der Waals surface area contributed by atoms with Gasteiger partial charge >= 0.3 is 12.1 Å². The van der Waals surface area contributed by atoms with E-state index >= 15 is 0 Å². The van der Waals surface area contributed by atoms with Crippen molar-refractivity contribution in [3.05, 3.63) is 70.8 Å². The predicted octanol–water partition coefficient (Wildman–Crippen LogP) is 4.17. The van der Waals surface area contributed by atoms with Crippen molar-refractivity contribution in [2.45, 2.75) is 69.8 Å². The fourth-order valence-corrected chi connectivity index (χ4v) is 5.00. The molecule has 2 aromatic rings. The maximum absolute atomic E-state index is 13.7. The topological polar surface area (TPSA) is 81.7 Å². The number of hydrogen-bond acceptors (Lipinski definition) is 4. The molecule has 2 atom stereocenters. The Morgan fingerprint density at radius 2 is 1.67 bits per heavy atom. The molecule has 2 aromatic carbocycles. The Kier molecular flexibility index (Phi) is 9.71. The van der Waals surface area contributed by atoms with E-state index in [1.165, 1.54) is 6.92 Å². The zero-order valence-corrected chi connectivity index (χ0v) is 22.1. The number of aliphatic hydroxyl groups is 1. The fraction of sp³-hybridized carbons (Fsp3) is 0.500. The molecule has 3 N–H and O–H groups in total.